The molecule has 0 N–H and O–H groups in total. The molecule has 0 aliphatic carbocycles. The molecule has 0 bridgehead atoms. The van der Waals surface area contributed by atoms with Gasteiger partial charge in [0.1, 0.15) is 0 Å². The number of hydrogen-bond acceptors (Lipinski definition) is 0. The van der Waals surface area contributed by atoms with Crippen molar-refractivity contribution in [2.24, 2.45) is 14.1 Å². The summed E-state index contributed by atoms with van der Waals surface area (Å²) in [6, 6.07) is 24.9. The predicted octanol–water partition coefficient (Wildman–Crippen LogP) is 7.49. The van der Waals surface area contributed by atoms with E-state index in [4.69, 9.17) is 0 Å². The quantitative estimate of drug-likeness (QED) is 0.277. The van der Waals surface area contributed by atoms with Gasteiger partial charge < -0.3 is 9.13 Å². The van der Waals surface area contributed by atoms with Crippen molar-refractivity contribution >= 4 is 43.6 Å². The number of aromatic nitrogens is 2. The molecule has 0 aliphatic rings. The first-order valence-electron chi connectivity index (χ1n) is 11.4. The summed E-state index contributed by atoms with van der Waals surface area (Å²) in [4.78, 5) is 0. The molecule has 2 heterocycles. The van der Waals surface area contributed by atoms with E-state index in [1.807, 2.05) is 0 Å². The summed E-state index contributed by atoms with van der Waals surface area (Å²) in [5.74, 6) is 0. The summed E-state index contributed by atoms with van der Waals surface area (Å²) >= 11 is 0. The van der Waals surface area contributed by atoms with Gasteiger partial charge in [-0.2, -0.15) is 0 Å². The molecule has 6 aromatic rings. The topological polar surface area (TPSA) is 9.86 Å². The molecular formula is C30H28N2. The standard InChI is InChI=1S/C30H28N2/c1-18-11-15-26-29(20(18)3)24-14-12-21(17-27(24)31(26)4)16-22-13-10-19(2)28-23-8-6-7-9-25(23)32(5)30(22)28/h6-15,17H,16H2,1-5H3. The third-order valence-corrected chi connectivity index (χ3v) is 7.50. The third-order valence-electron chi connectivity index (χ3n) is 7.50. The van der Waals surface area contributed by atoms with E-state index in [0.29, 0.717) is 0 Å². The molecule has 0 fully saturated rings. The van der Waals surface area contributed by atoms with Crippen LogP contribution in [0.15, 0.2) is 66.7 Å². The molecule has 0 amide bonds. The summed E-state index contributed by atoms with van der Waals surface area (Å²) < 4.78 is 4.72. The molecule has 2 aromatic heterocycles. The molecule has 2 nitrogen and oxygen atoms in total. The minimum atomic E-state index is 0.927. The summed E-state index contributed by atoms with van der Waals surface area (Å²) in [6.07, 6.45) is 0.927. The average molecular weight is 417 g/mol. The van der Waals surface area contributed by atoms with Crippen molar-refractivity contribution in [2.75, 3.05) is 0 Å². The molecule has 4 aromatic carbocycles. The van der Waals surface area contributed by atoms with E-state index in [9.17, 15) is 0 Å². The number of fused-ring (bicyclic) bond motifs is 6. The van der Waals surface area contributed by atoms with Crippen LogP contribution in [0, 0.1) is 20.8 Å². The van der Waals surface area contributed by atoms with Gasteiger partial charge in [-0.15, -0.1) is 0 Å². The van der Waals surface area contributed by atoms with Gasteiger partial charge >= 0.3 is 0 Å². The number of benzene rings is 4. The van der Waals surface area contributed by atoms with Crippen LogP contribution < -0.4 is 0 Å². The van der Waals surface area contributed by atoms with Gasteiger partial charge in [0.05, 0.1) is 5.52 Å². The van der Waals surface area contributed by atoms with Gasteiger partial charge in [0.15, 0.2) is 0 Å². The van der Waals surface area contributed by atoms with Gasteiger partial charge in [-0.1, -0.05) is 48.5 Å². The Kier molecular flexibility index (Phi) is 4.04. The molecule has 2 heteroatoms. The first kappa shape index (κ1) is 19.2. The Morgan fingerprint density at radius 1 is 0.625 bits per heavy atom. The highest BCUT2D eigenvalue weighted by atomic mass is 14.9. The average Bonchev–Trinajstić information content (AvgIpc) is 3.26. The predicted molar refractivity (Wildman–Crippen MR) is 138 cm³/mol. The fraction of sp³-hybridized carbons (Fsp3) is 0.200. The number of hydrogen-bond donors (Lipinski definition) is 0. The molecule has 158 valence electrons. The van der Waals surface area contributed by atoms with Crippen LogP contribution in [0.5, 0.6) is 0 Å². The van der Waals surface area contributed by atoms with Gasteiger partial charge in [0.2, 0.25) is 0 Å². The number of para-hydroxylation sites is 1. The van der Waals surface area contributed by atoms with Crippen molar-refractivity contribution in [3.05, 3.63) is 94.5 Å². The first-order valence-corrected chi connectivity index (χ1v) is 11.4. The third kappa shape index (κ3) is 2.53. The lowest BCUT2D eigenvalue weighted by Gasteiger charge is -2.09. The molecular weight excluding hydrogens is 388 g/mol. The van der Waals surface area contributed by atoms with Gasteiger partial charge in [-0.25, -0.2) is 0 Å². The zero-order valence-electron chi connectivity index (χ0n) is 19.5. The maximum atomic E-state index is 2.39. The molecule has 6 rings (SSSR count). The number of rotatable bonds is 2. The van der Waals surface area contributed by atoms with E-state index in [0.717, 1.165) is 6.42 Å². The second-order valence-electron chi connectivity index (χ2n) is 9.33. The van der Waals surface area contributed by atoms with Gasteiger partial charge in [-0.3, -0.25) is 0 Å². The Bertz CT molecular complexity index is 1690. The monoisotopic (exact) mass is 416 g/mol. The van der Waals surface area contributed by atoms with Crippen molar-refractivity contribution in [3.63, 3.8) is 0 Å². The van der Waals surface area contributed by atoms with Crippen molar-refractivity contribution < 1.29 is 0 Å². The molecule has 0 saturated heterocycles. The second-order valence-corrected chi connectivity index (χ2v) is 9.33. The lowest BCUT2D eigenvalue weighted by molar-refractivity contribution is 0.997. The number of nitrogens with zero attached hydrogens (tertiary/aromatic N) is 2. The van der Waals surface area contributed by atoms with Crippen LogP contribution in [0.1, 0.15) is 27.8 Å². The zero-order valence-corrected chi connectivity index (χ0v) is 19.5. The van der Waals surface area contributed by atoms with Gasteiger partial charge in [0, 0.05) is 52.2 Å². The van der Waals surface area contributed by atoms with Crippen molar-refractivity contribution in [1.82, 2.24) is 9.13 Å². The molecule has 0 atom stereocenters. The molecule has 32 heavy (non-hydrogen) atoms. The summed E-state index contributed by atoms with van der Waals surface area (Å²) in [5, 5.41) is 5.48. The van der Waals surface area contributed by atoms with Crippen molar-refractivity contribution in [3.8, 4) is 0 Å². The SMILES string of the molecule is Cc1ccc2c(c1C)c1ccc(Cc3ccc(C)c4c5ccccc5n(C)c34)cc1n2C. The van der Waals surface area contributed by atoms with E-state index in [1.165, 1.54) is 71.4 Å². The normalized spacial score (nSPS) is 12.0. The van der Waals surface area contributed by atoms with Crippen LogP contribution in [-0.4, -0.2) is 9.13 Å². The highest BCUT2D eigenvalue weighted by molar-refractivity contribution is 6.11. The molecule has 0 spiro atoms. The first-order chi connectivity index (χ1) is 15.5. The Balaban J connectivity index is 1.56. The Morgan fingerprint density at radius 3 is 2.22 bits per heavy atom. The highest BCUT2D eigenvalue weighted by Gasteiger charge is 2.16. The maximum Gasteiger partial charge on any atom is 0.0527 e. The van der Waals surface area contributed by atoms with E-state index in [2.05, 4.69) is 111 Å². The van der Waals surface area contributed by atoms with Gasteiger partial charge in [-0.05, 0) is 73.2 Å². The van der Waals surface area contributed by atoms with Gasteiger partial charge in [0.25, 0.3) is 0 Å². The fourth-order valence-electron chi connectivity index (χ4n) is 5.65. The Hall–Kier alpha value is -3.52. The molecule has 0 saturated carbocycles. The van der Waals surface area contributed by atoms with Crippen LogP contribution in [0.25, 0.3) is 43.6 Å². The van der Waals surface area contributed by atoms with Crippen LogP contribution in [0.2, 0.25) is 0 Å². The van der Waals surface area contributed by atoms with E-state index in [-0.39, 0.29) is 0 Å². The Morgan fingerprint density at radius 2 is 1.38 bits per heavy atom. The van der Waals surface area contributed by atoms with Crippen LogP contribution in [-0.2, 0) is 20.5 Å². The summed E-state index contributed by atoms with van der Waals surface area (Å²) in [6.45, 7) is 6.67. The fourth-order valence-corrected chi connectivity index (χ4v) is 5.65. The zero-order chi connectivity index (χ0) is 22.1. The smallest absolute Gasteiger partial charge is 0.0527 e. The minimum Gasteiger partial charge on any atom is -0.344 e. The van der Waals surface area contributed by atoms with Crippen LogP contribution >= 0.6 is 0 Å². The molecule has 0 unspecified atom stereocenters. The summed E-state index contributed by atoms with van der Waals surface area (Å²) in [7, 11) is 4.39. The second kappa shape index (κ2) is 6.74. The lowest BCUT2D eigenvalue weighted by Crippen LogP contribution is -1.96. The Labute approximate surface area is 188 Å². The maximum absolute atomic E-state index is 2.39. The highest BCUT2D eigenvalue weighted by Crippen LogP contribution is 2.36. The largest absolute Gasteiger partial charge is 0.344 e. The van der Waals surface area contributed by atoms with E-state index >= 15 is 0 Å². The summed E-state index contributed by atoms with van der Waals surface area (Å²) in [5.41, 5.74) is 12.1. The van der Waals surface area contributed by atoms with E-state index in [1.54, 1.807) is 0 Å². The van der Waals surface area contributed by atoms with Crippen molar-refractivity contribution in [1.29, 1.82) is 0 Å². The van der Waals surface area contributed by atoms with E-state index < -0.39 is 0 Å². The molecule has 0 aliphatic heterocycles. The number of aryl methyl sites for hydroxylation is 5. The van der Waals surface area contributed by atoms with Crippen molar-refractivity contribution in [2.45, 2.75) is 27.2 Å². The van der Waals surface area contributed by atoms with Crippen LogP contribution in [0.4, 0.5) is 0 Å². The minimum absolute atomic E-state index is 0.927. The molecule has 0 radical (unpaired) electrons. The lowest BCUT2D eigenvalue weighted by atomic mass is 9.97. The van der Waals surface area contributed by atoms with Crippen LogP contribution in [0.3, 0.4) is 0 Å².